The molecule has 19 heteroatoms. The molecule has 0 radical (unpaired) electrons. The summed E-state index contributed by atoms with van der Waals surface area (Å²) in [6, 6.07) is 11.9. The molecule has 316 valence electrons. The Morgan fingerprint density at radius 3 is 2.11 bits per heavy atom. The average Bonchev–Trinajstić information content (AvgIpc) is 3.14. The number of hydrogen-bond donors (Lipinski definition) is 13. The molecule has 4 amide bonds. The van der Waals surface area contributed by atoms with Crippen molar-refractivity contribution in [2.24, 2.45) is 5.92 Å². The molecule has 0 saturated carbocycles. The topological polar surface area (TPSA) is 228 Å². The van der Waals surface area contributed by atoms with Gasteiger partial charge >= 0.3 is 12.1 Å². The predicted octanol–water partition coefficient (Wildman–Crippen LogP) is 0.0722. The molecule has 18 nitrogen and oxygen atoms in total. The van der Waals surface area contributed by atoms with E-state index in [9.17, 15) is 18.0 Å². The van der Waals surface area contributed by atoms with Gasteiger partial charge in [0.1, 0.15) is 12.6 Å². The van der Waals surface area contributed by atoms with Crippen LogP contribution < -0.4 is 68.5 Å². The summed E-state index contributed by atoms with van der Waals surface area (Å²) in [4.78, 5) is 28.2. The Morgan fingerprint density at radius 2 is 1.44 bits per heavy atom. The van der Waals surface area contributed by atoms with Crippen molar-refractivity contribution in [1.29, 1.82) is 0 Å². The van der Waals surface area contributed by atoms with Crippen molar-refractivity contribution in [3.05, 3.63) is 53.1 Å². The fourth-order valence-corrected chi connectivity index (χ4v) is 8.55. The van der Waals surface area contributed by atoms with E-state index in [0.29, 0.717) is 12.5 Å². The lowest BCUT2D eigenvalue weighted by molar-refractivity contribution is 0.191. The second-order valence-electron chi connectivity index (χ2n) is 16.0. The first-order valence-electron chi connectivity index (χ1n) is 20.3. The van der Waals surface area contributed by atoms with Gasteiger partial charge in [-0.2, -0.15) is 0 Å². The van der Waals surface area contributed by atoms with Gasteiger partial charge in [-0.1, -0.05) is 6.07 Å². The number of benzene rings is 2. The van der Waals surface area contributed by atoms with Crippen LogP contribution in [0.4, 0.5) is 26.7 Å². The molecule has 6 rings (SSSR count). The van der Waals surface area contributed by atoms with Crippen LogP contribution in [0.3, 0.4) is 0 Å². The molecule has 7 unspecified atom stereocenters. The number of rotatable bonds is 16. The highest BCUT2D eigenvalue weighted by molar-refractivity contribution is 7.88. The lowest BCUT2D eigenvalue weighted by Crippen LogP contribution is -2.68. The molecule has 13 N–H and O–H groups in total. The van der Waals surface area contributed by atoms with Gasteiger partial charge < -0.3 is 47.4 Å². The van der Waals surface area contributed by atoms with Gasteiger partial charge in [0.15, 0.2) is 0 Å². The van der Waals surface area contributed by atoms with E-state index in [-0.39, 0.29) is 49.3 Å². The van der Waals surface area contributed by atoms with E-state index < -0.39 is 16.3 Å². The number of sulfonamides is 1. The SMILES string of the molecule is CC1CC(NCCCN(C)CC2CNc3ccc(NC(=O)NC4NC(C)CC(NCCNS(C)(=O)=O)N4)cc3C2)NC(NC(=O)Nc2ccc3c(c2)CNCC3)N1. The van der Waals surface area contributed by atoms with Crippen LogP contribution in [0, 0.1) is 5.92 Å². The monoisotopic (exact) mass is 812 g/mol. The zero-order valence-electron chi connectivity index (χ0n) is 33.7. The van der Waals surface area contributed by atoms with E-state index >= 15 is 0 Å². The highest BCUT2D eigenvalue weighted by Gasteiger charge is 2.28. The molecule has 2 aromatic rings. The largest absolute Gasteiger partial charge is 0.384 e. The molecule has 7 atom stereocenters. The Bertz CT molecular complexity index is 1770. The summed E-state index contributed by atoms with van der Waals surface area (Å²) < 4.78 is 25.1. The predicted molar refractivity (Wildman–Crippen MR) is 225 cm³/mol. The van der Waals surface area contributed by atoms with E-state index in [2.05, 4.69) is 93.5 Å². The molecule has 0 aromatic heterocycles. The van der Waals surface area contributed by atoms with Crippen LogP contribution in [0.1, 0.15) is 49.8 Å². The first-order chi connectivity index (χ1) is 27.3. The fourth-order valence-electron chi connectivity index (χ4n) is 8.07. The number of nitrogens with zero attached hydrogens (tertiary/aromatic N) is 1. The molecule has 0 spiro atoms. The molecule has 2 saturated heterocycles. The van der Waals surface area contributed by atoms with Gasteiger partial charge in [-0.15, -0.1) is 0 Å². The Balaban J connectivity index is 0.872. The number of urea groups is 2. The summed E-state index contributed by atoms with van der Waals surface area (Å²) in [5.41, 5.74) is 6.35. The molecule has 57 heavy (non-hydrogen) atoms. The minimum atomic E-state index is -3.24. The summed E-state index contributed by atoms with van der Waals surface area (Å²) in [6.07, 6.45) is 4.89. The van der Waals surface area contributed by atoms with Gasteiger partial charge in [0.2, 0.25) is 10.0 Å². The quantitative estimate of drug-likeness (QED) is 0.101. The minimum Gasteiger partial charge on any atom is -0.384 e. The number of hydrogen-bond acceptors (Lipinski definition) is 13. The third kappa shape index (κ3) is 14.0. The zero-order valence-corrected chi connectivity index (χ0v) is 34.5. The lowest BCUT2D eigenvalue weighted by atomic mass is 9.93. The lowest BCUT2D eigenvalue weighted by Gasteiger charge is -2.37. The van der Waals surface area contributed by atoms with Gasteiger partial charge in [0, 0.05) is 61.9 Å². The highest BCUT2D eigenvalue weighted by Crippen LogP contribution is 2.28. The van der Waals surface area contributed by atoms with Crippen LogP contribution in [0.15, 0.2) is 36.4 Å². The van der Waals surface area contributed by atoms with E-state index in [1.165, 1.54) is 16.7 Å². The smallest absolute Gasteiger partial charge is 0.321 e. The van der Waals surface area contributed by atoms with Gasteiger partial charge in [-0.05, 0) is 126 Å². The maximum absolute atomic E-state index is 13.0. The highest BCUT2D eigenvalue weighted by atomic mass is 32.2. The van der Waals surface area contributed by atoms with Crippen molar-refractivity contribution in [2.75, 3.05) is 75.1 Å². The second-order valence-corrected chi connectivity index (χ2v) is 17.9. The molecular weight excluding hydrogens is 749 g/mol. The summed E-state index contributed by atoms with van der Waals surface area (Å²) >= 11 is 0. The van der Waals surface area contributed by atoms with Crippen LogP contribution in [0.25, 0.3) is 0 Å². The third-order valence-electron chi connectivity index (χ3n) is 10.7. The van der Waals surface area contributed by atoms with Crippen molar-refractivity contribution in [3.8, 4) is 0 Å². The molecule has 4 aliphatic heterocycles. The summed E-state index contributed by atoms with van der Waals surface area (Å²) in [7, 11) is -1.07. The van der Waals surface area contributed by atoms with E-state index in [1.54, 1.807) is 0 Å². The van der Waals surface area contributed by atoms with Gasteiger partial charge in [0.25, 0.3) is 0 Å². The molecule has 4 heterocycles. The Morgan fingerprint density at radius 1 is 0.807 bits per heavy atom. The molecule has 0 bridgehead atoms. The first kappa shape index (κ1) is 43.0. The standard InChI is InChI=1S/C38H64N14O4S/c1-24-16-33(48-35(44-24)50-37(53)46-30-7-6-27-10-12-39-22-29(27)20-30)40-11-5-15-52(3)23-26-18-28-19-31(8-9-32(28)42-21-26)47-38(54)51-36-45-25(2)17-34(49-36)41-13-14-43-57(4,55)56/h6-9,19-20,24-26,33-36,39-45,48-49H,5,10-18,21-23H2,1-4H3,(H2,46,50,53)(H2,47,51,54). The van der Waals surface area contributed by atoms with Crippen LogP contribution in [0.2, 0.25) is 0 Å². The molecule has 2 aromatic carbocycles. The summed E-state index contributed by atoms with van der Waals surface area (Å²) in [5.74, 6) is 0.427. The summed E-state index contributed by atoms with van der Waals surface area (Å²) in [5, 5.41) is 39.4. The van der Waals surface area contributed by atoms with Crippen LogP contribution in [-0.2, 0) is 29.4 Å². The van der Waals surface area contributed by atoms with E-state index in [4.69, 9.17) is 0 Å². The van der Waals surface area contributed by atoms with Crippen LogP contribution in [0.5, 0.6) is 0 Å². The van der Waals surface area contributed by atoms with Crippen molar-refractivity contribution < 1.29 is 18.0 Å². The Labute approximate surface area is 337 Å². The van der Waals surface area contributed by atoms with Crippen LogP contribution in [-0.4, -0.2) is 121 Å². The van der Waals surface area contributed by atoms with E-state index in [1.807, 2.05) is 37.3 Å². The normalized spacial score (nSPS) is 26.1. The van der Waals surface area contributed by atoms with Gasteiger partial charge in [0.05, 0.1) is 18.6 Å². The summed E-state index contributed by atoms with van der Waals surface area (Å²) in [6.45, 7) is 10.4. The average molecular weight is 813 g/mol. The van der Waals surface area contributed by atoms with Crippen molar-refractivity contribution in [2.45, 2.75) is 89.5 Å². The maximum Gasteiger partial charge on any atom is 0.321 e. The van der Waals surface area contributed by atoms with E-state index in [0.717, 1.165) is 94.7 Å². The van der Waals surface area contributed by atoms with Gasteiger partial charge in [-0.3, -0.25) is 21.3 Å². The molecular formula is C38H64N14O4S. The van der Waals surface area contributed by atoms with Crippen LogP contribution >= 0.6 is 0 Å². The van der Waals surface area contributed by atoms with Gasteiger partial charge in [-0.25, -0.2) is 22.7 Å². The minimum absolute atomic E-state index is 0.0753. The first-order valence-corrected chi connectivity index (χ1v) is 22.2. The molecule has 0 aliphatic carbocycles. The molecule has 2 fully saturated rings. The van der Waals surface area contributed by atoms with Crippen molar-refractivity contribution >= 4 is 39.1 Å². The Hall–Kier alpha value is -3.63. The molecule has 4 aliphatic rings. The second kappa shape index (κ2) is 20.4. The third-order valence-corrected chi connectivity index (χ3v) is 11.5. The number of carbonyl (C=O) groups is 2. The number of carbonyl (C=O) groups excluding carboxylic acids is 2. The zero-order chi connectivity index (χ0) is 40.4. The van der Waals surface area contributed by atoms with Crippen molar-refractivity contribution in [3.63, 3.8) is 0 Å². The van der Waals surface area contributed by atoms with Crippen molar-refractivity contribution in [1.82, 2.24) is 57.5 Å². The number of fused-ring (bicyclic) bond motifs is 2. The Kier molecular flexibility index (Phi) is 15.4. The number of amides is 4. The number of nitrogens with one attached hydrogen (secondary N) is 13. The fraction of sp³-hybridized carbons (Fsp3) is 0.632. The maximum atomic E-state index is 13.0. The number of anilines is 3.